The van der Waals surface area contributed by atoms with Gasteiger partial charge in [0.2, 0.25) is 5.78 Å². The van der Waals surface area contributed by atoms with E-state index in [1.54, 1.807) is 12.1 Å². The second-order valence-corrected chi connectivity index (χ2v) is 5.63. The predicted octanol–water partition coefficient (Wildman–Crippen LogP) is 2.71. The largest absolute Gasteiger partial charge is 0.485 e. The lowest BCUT2D eigenvalue weighted by Crippen LogP contribution is -2.12. The number of H-pyrrole nitrogens is 1. The second kappa shape index (κ2) is 6.20. The van der Waals surface area contributed by atoms with E-state index in [4.69, 9.17) is 4.74 Å². The lowest BCUT2D eigenvalue weighted by molar-refractivity contribution is 0.0922. The monoisotopic (exact) mass is 333 g/mol. The highest BCUT2D eigenvalue weighted by Gasteiger charge is 2.16. The van der Waals surface area contributed by atoms with Gasteiger partial charge in [-0.25, -0.2) is 4.68 Å². The van der Waals surface area contributed by atoms with Crippen LogP contribution in [-0.2, 0) is 0 Å². The minimum atomic E-state index is -0.0669. The summed E-state index contributed by atoms with van der Waals surface area (Å²) in [6.07, 6.45) is 1.50. The second-order valence-electron chi connectivity index (χ2n) is 5.63. The summed E-state index contributed by atoms with van der Waals surface area (Å²) < 4.78 is 7.22. The number of aromatic nitrogens is 5. The number of nitrogens with one attached hydrogen (secondary N) is 1. The van der Waals surface area contributed by atoms with E-state index in [0.29, 0.717) is 11.3 Å². The molecule has 4 rings (SSSR count). The van der Waals surface area contributed by atoms with Gasteiger partial charge >= 0.3 is 0 Å². The number of rotatable bonds is 5. The smallest absolute Gasteiger partial charge is 0.202 e. The van der Waals surface area contributed by atoms with Crippen molar-refractivity contribution in [1.29, 1.82) is 0 Å². The average Bonchev–Trinajstić information content (AvgIpc) is 3.27. The number of tetrazole rings is 1. The summed E-state index contributed by atoms with van der Waals surface area (Å²) in [5.74, 6) is 0.515. The van der Waals surface area contributed by atoms with Crippen LogP contribution in [0.1, 0.15) is 16.1 Å². The molecule has 0 spiro atoms. The van der Waals surface area contributed by atoms with Gasteiger partial charge in [-0.05, 0) is 35.5 Å². The highest BCUT2D eigenvalue weighted by atomic mass is 16.5. The van der Waals surface area contributed by atoms with Crippen LogP contribution < -0.4 is 4.74 Å². The maximum absolute atomic E-state index is 12.6. The Labute approximate surface area is 143 Å². The number of ketones is 1. The van der Waals surface area contributed by atoms with Gasteiger partial charge in [-0.1, -0.05) is 24.3 Å². The van der Waals surface area contributed by atoms with Crippen molar-refractivity contribution in [1.82, 2.24) is 25.2 Å². The molecule has 1 N–H and O–H groups in total. The van der Waals surface area contributed by atoms with Gasteiger partial charge < -0.3 is 9.72 Å². The molecule has 2 heterocycles. The molecule has 124 valence electrons. The summed E-state index contributed by atoms with van der Waals surface area (Å²) in [5, 5.41) is 12.0. The first-order valence-corrected chi connectivity index (χ1v) is 7.79. The first-order chi connectivity index (χ1) is 12.2. The van der Waals surface area contributed by atoms with Crippen LogP contribution in [0.15, 0.2) is 54.9 Å². The molecule has 0 saturated carbocycles. The molecule has 0 radical (unpaired) electrons. The first-order valence-electron chi connectivity index (χ1n) is 7.79. The molecule has 0 atom stereocenters. The third kappa shape index (κ3) is 2.87. The highest BCUT2D eigenvalue weighted by molar-refractivity contribution is 6.09. The fraction of sp³-hybridized carbons (Fsp3) is 0.111. The van der Waals surface area contributed by atoms with Crippen molar-refractivity contribution in [2.75, 3.05) is 6.61 Å². The molecular formula is C18H15N5O2. The van der Waals surface area contributed by atoms with E-state index in [9.17, 15) is 4.79 Å². The number of aryl methyl sites for hydroxylation is 1. The van der Waals surface area contributed by atoms with Crippen molar-refractivity contribution in [2.24, 2.45) is 0 Å². The number of fused-ring (bicyclic) bond motifs is 1. The number of nitrogens with zero attached hydrogens (tertiary/aromatic N) is 4. The molecule has 2 aromatic carbocycles. The Morgan fingerprint density at radius 1 is 1.20 bits per heavy atom. The molecule has 0 unspecified atom stereocenters. The van der Waals surface area contributed by atoms with Crippen LogP contribution >= 0.6 is 0 Å². The summed E-state index contributed by atoms with van der Waals surface area (Å²) in [6.45, 7) is 1.85. The molecule has 0 fully saturated rings. The Kier molecular flexibility index (Phi) is 3.74. The molecular weight excluding hydrogens is 318 g/mol. The lowest BCUT2D eigenvalue weighted by atomic mass is 10.1. The normalized spacial score (nSPS) is 10.9. The molecule has 2 aromatic heterocycles. The lowest BCUT2D eigenvalue weighted by Gasteiger charge is -2.07. The zero-order chi connectivity index (χ0) is 17.2. The maximum atomic E-state index is 12.6. The molecule has 0 aliphatic heterocycles. The van der Waals surface area contributed by atoms with Crippen molar-refractivity contribution >= 4 is 16.7 Å². The van der Waals surface area contributed by atoms with Gasteiger partial charge in [0.25, 0.3) is 0 Å². The molecule has 7 heteroatoms. The highest BCUT2D eigenvalue weighted by Crippen LogP contribution is 2.23. The zero-order valence-electron chi connectivity index (χ0n) is 13.5. The summed E-state index contributed by atoms with van der Waals surface area (Å²) in [7, 11) is 0. The molecule has 25 heavy (non-hydrogen) atoms. The molecule has 0 saturated heterocycles. The number of carbonyl (C=O) groups is 1. The minimum Gasteiger partial charge on any atom is -0.485 e. The van der Waals surface area contributed by atoms with Crippen molar-refractivity contribution in [2.45, 2.75) is 6.92 Å². The van der Waals surface area contributed by atoms with E-state index < -0.39 is 0 Å². The topological polar surface area (TPSA) is 85.7 Å². The van der Waals surface area contributed by atoms with Gasteiger partial charge in [0.1, 0.15) is 12.1 Å². The van der Waals surface area contributed by atoms with Gasteiger partial charge in [-0.2, -0.15) is 0 Å². The van der Waals surface area contributed by atoms with E-state index >= 15 is 0 Å². The van der Waals surface area contributed by atoms with E-state index in [1.165, 1.54) is 11.0 Å². The third-order valence-corrected chi connectivity index (χ3v) is 3.97. The van der Waals surface area contributed by atoms with Gasteiger partial charge in [0, 0.05) is 28.2 Å². The molecule has 0 aliphatic rings. The van der Waals surface area contributed by atoms with Gasteiger partial charge in [-0.15, -0.1) is 5.10 Å². The molecule has 0 amide bonds. The van der Waals surface area contributed by atoms with Crippen molar-refractivity contribution in [3.8, 4) is 11.4 Å². The Balaban J connectivity index is 1.54. The minimum absolute atomic E-state index is 0.0399. The van der Waals surface area contributed by atoms with Gasteiger partial charge in [0.15, 0.2) is 6.61 Å². The number of hydrogen-bond acceptors (Lipinski definition) is 5. The molecule has 7 nitrogen and oxygen atoms in total. The van der Waals surface area contributed by atoms with Crippen LogP contribution in [-0.4, -0.2) is 37.6 Å². The number of aromatic amines is 1. The fourth-order valence-electron chi connectivity index (χ4n) is 2.85. The molecule has 0 aliphatic carbocycles. The first kappa shape index (κ1) is 15.1. The number of para-hydroxylation sites is 1. The SMILES string of the molecule is Cc1[nH]c2ccccc2c1C(=O)COc1cccc(-n2cnnn2)c1. The van der Waals surface area contributed by atoms with Crippen LogP contribution in [0.5, 0.6) is 5.75 Å². The van der Waals surface area contributed by atoms with Crippen molar-refractivity contribution < 1.29 is 9.53 Å². The van der Waals surface area contributed by atoms with Gasteiger partial charge in [-0.3, -0.25) is 4.79 Å². The van der Waals surface area contributed by atoms with E-state index in [1.807, 2.05) is 43.3 Å². The fourth-order valence-corrected chi connectivity index (χ4v) is 2.85. The quantitative estimate of drug-likeness (QED) is 0.568. The summed E-state index contributed by atoms with van der Waals surface area (Å²) in [4.78, 5) is 15.9. The van der Waals surface area contributed by atoms with Crippen LogP contribution in [0, 0.1) is 6.92 Å². The number of benzene rings is 2. The van der Waals surface area contributed by atoms with E-state index in [2.05, 4.69) is 20.5 Å². The number of carbonyl (C=O) groups excluding carboxylic acids is 1. The van der Waals surface area contributed by atoms with Crippen LogP contribution in [0.25, 0.3) is 16.6 Å². The predicted molar refractivity (Wildman–Crippen MR) is 92.0 cm³/mol. The summed E-state index contributed by atoms with van der Waals surface area (Å²) in [5.41, 5.74) is 3.23. The average molecular weight is 333 g/mol. The van der Waals surface area contributed by atoms with Crippen LogP contribution in [0.4, 0.5) is 0 Å². The van der Waals surface area contributed by atoms with Crippen LogP contribution in [0.2, 0.25) is 0 Å². The Bertz CT molecular complexity index is 1040. The Morgan fingerprint density at radius 2 is 2.08 bits per heavy atom. The summed E-state index contributed by atoms with van der Waals surface area (Å²) in [6, 6.07) is 15.0. The van der Waals surface area contributed by atoms with Crippen molar-refractivity contribution in [3.63, 3.8) is 0 Å². The zero-order valence-corrected chi connectivity index (χ0v) is 13.5. The van der Waals surface area contributed by atoms with Crippen LogP contribution in [0.3, 0.4) is 0 Å². The van der Waals surface area contributed by atoms with Crippen molar-refractivity contribution in [3.05, 3.63) is 66.1 Å². The number of Topliss-reactive ketones (excluding diaryl/α,β-unsaturated/α-hetero) is 1. The standard InChI is InChI=1S/C18H15N5O2/c1-12-18(15-7-2-3-8-16(15)20-12)17(24)10-25-14-6-4-5-13(9-14)23-11-19-21-22-23/h2-9,11,20H,10H2,1H3. The summed E-state index contributed by atoms with van der Waals surface area (Å²) >= 11 is 0. The maximum Gasteiger partial charge on any atom is 0.202 e. The van der Waals surface area contributed by atoms with E-state index in [0.717, 1.165) is 22.3 Å². The Morgan fingerprint density at radius 3 is 2.92 bits per heavy atom. The van der Waals surface area contributed by atoms with E-state index in [-0.39, 0.29) is 12.4 Å². The van der Waals surface area contributed by atoms with Gasteiger partial charge in [0.05, 0.1) is 5.69 Å². The number of hydrogen-bond donors (Lipinski definition) is 1. The molecule has 4 aromatic rings. The Hall–Kier alpha value is -3.48. The molecule has 0 bridgehead atoms. The number of ether oxygens (including phenoxy) is 1. The third-order valence-electron chi connectivity index (χ3n) is 3.97.